The van der Waals surface area contributed by atoms with Gasteiger partial charge in [-0.25, -0.2) is 0 Å². The maximum atomic E-state index is 2.55. The smallest absolute Gasteiger partial charge is 0.0726 e. The van der Waals surface area contributed by atoms with Gasteiger partial charge in [-0.15, -0.1) is 0 Å². The molecule has 282 valence electrons. The zero-order valence-electron chi connectivity index (χ0n) is 33.5. The first-order valence-electron chi connectivity index (χ1n) is 21.1. The van der Waals surface area contributed by atoms with Crippen LogP contribution in [0.25, 0.3) is 60.9 Å². The number of hydrogen-bond acceptors (Lipinski definition) is 1. The molecule has 0 unspecified atom stereocenters. The molecule has 0 bridgehead atoms. The Balaban J connectivity index is 1.11. The van der Waals surface area contributed by atoms with Crippen LogP contribution in [0.5, 0.6) is 0 Å². The lowest BCUT2D eigenvalue weighted by atomic mass is 9.70. The predicted octanol–water partition coefficient (Wildman–Crippen LogP) is 14.9. The number of hydrogen-bond donors (Lipinski definition) is 0. The number of aromatic nitrogens is 1. The average molecular weight is 765 g/mol. The lowest BCUT2D eigenvalue weighted by molar-refractivity contribution is 0.660. The van der Waals surface area contributed by atoms with Gasteiger partial charge in [0.05, 0.1) is 22.1 Å². The molecule has 0 saturated heterocycles. The first-order valence-corrected chi connectivity index (χ1v) is 21.1. The van der Waals surface area contributed by atoms with Crippen molar-refractivity contribution in [1.82, 2.24) is 4.57 Å². The molecule has 2 nitrogen and oxygen atoms in total. The number of anilines is 3. The highest BCUT2D eigenvalue weighted by Gasteiger charge is 2.52. The Bertz CT molecular complexity index is 3370. The normalized spacial score (nSPS) is 14.4. The number of fused-ring (bicyclic) bond motifs is 16. The summed E-state index contributed by atoms with van der Waals surface area (Å²) in [5, 5.41) is 2.47. The molecule has 3 aliphatic rings. The van der Waals surface area contributed by atoms with E-state index in [2.05, 4.69) is 230 Å². The highest BCUT2D eigenvalue weighted by Crippen LogP contribution is 2.65. The number of benzene rings is 9. The summed E-state index contributed by atoms with van der Waals surface area (Å²) in [6.45, 7) is 4.76. The molecular weight excluding hydrogens is 725 g/mol. The van der Waals surface area contributed by atoms with E-state index >= 15 is 0 Å². The first kappa shape index (κ1) is 33.5. The fourth-order valence-corrected chi connectivity index (χ4v) is 11.5. The quantitative estimate of drug-likeness (QED) is 0.173. The van der Waals surface area contributed by atoms with E-state index in [1.807, 2.05) is 0 Å². The summed E-state index contributed by atoms with van der Waals surface area (Å²) in [5.74, 6) is 0. The maximum absolute atomic E-state index is 2.55. The fourth-order valence-electron chi connectivity index (χ4n) is 11.5. The van der Waals surface area contributed by atoms with Crippen LogP contribution in [0, 0.1) is 0 Å². The van der Waals surface area contributed by atoms with Crippen LogP contribution in [0.2, 0.25) is 0 Å². The topological polar surface area (TPSA) is 8.17 Å². The van der Waals surface area contributed by atoms with Crippen molar-refractivity contribution in [2.45, 2.75) is 24.7 Å². The molecule has 0 saturated carbocycles. The number of nitrogens with zero attached hydrogens (tertiary/aromatic N) is 2. The van der Waals surface area contributed by atoms with E-state index < -0.39 is 5.41 Å². The lowest BCUT2D eigenvalue weighted by Gasteiger charge is -2.32. The molecule has 0 atom stereocenters. The van der Waals surface area contributed by atoms with Crippen molar-refractivity contribution in [2.75, 3.05) is 4.90 Å². The van der Waals surface area contributed by atoms with Gasteiger partial charge in [-0.2, -0.15) is 0 Å². The fraction of sp³-hybridized carbons (Fsp3) is 0.0690. The third kappa shape index (κ3) is 4.22. The molecule has 0 aliphatic heterocycles. The van der Waals surface area contributed by atoms with Crippen molar-refractivity contribution in [1.29, 1.82) is 0 Å². The van der Waals surface area contributed by atoms with Crippen molar-refractivity contribution in [3.8, 4) is 39.1 Å². The minimum absolute atomic E-state index is 0.146. The molecule has 13 rings (SSSR count). The Labute approximate surface area is 350 Å². The molecule has 10 aromatic rings. The van der Waals surface area contributed by atoms with Crippen molar-refractivity contribution in [3.63, 3.8) is 0 Å². The summed E-state index contributed by atoms with van der Waals surface area (Å²) in [6, 6.07) is 77.2. The van der Waals surface area contributed by atoms with Gasteiger partial charge in [0.25, 0.3) is 0 Å². The van der Waals surface area contributed by atoms with E-state index in [1.54, 1.807) is 0 Å². The standard InChI is InChI=1S/C58H40N2/c1-57(2)47-24-11-6-19-40(47)43-33-31-39(36-52(43)57)59(38-32-34-54-46(35-38)44-22-10-15-29-53(44)60(54)37-17-4-3-5-18-37)55-30-16-28-51-56(55)45-23-9-14-27-50(45)58(51)48-25-12-7-20-41(48)42-21-8-13-26-49(42)58/h3-36H,1-2H3. The molecule has 1 heterocycles. The van der Waals surface area contributed by atoms with E-state index in [1.165, 1.54) is 94.3 Å². The molecule has 0 fully saturated rings. The van der Waals surface area contributed by atoms with E-state index in [0.717, 1.165) is 17.1 Å². The van der Waals surface area contributed by atoms with Gasteiger partial charge in [0.2, 0.25) is 0 Å². The van der Waals surface area contributed by atoms with Gasteiger partial charge >= 0.3 is 0 Å². The molecule has 2 heteroatoms. The van der Waals surface area contributed by atoms with Crippen LogP contribution >= 0.6 is 0 Å². The Morgan fingerprint density at radius 2 is 0.883 bits per heavy atom. The third-order valence-corrected chi connectivity index (χ3v) is 14.0. The Morgan fingerprint density at radius 3 is 1.62 bits per heavy atom. The van der Waals surface area contributed by atoms with Crippen LogP contribution in [0.1, 0.15) is 47.2 Å². The van der Waals surface area contributed by atoms with Gasteiger partial charge < -0.3 is 9.47 Å². The molecule has 9 aromatic carbocycles. The average Bonchev–Trinajstić information content (AvgIpc) is 3.97. The molecule has 0 radical (unpaired) electrons. The van der Waals surface area contributed by atoms with Crippen LogP contribution in [-0.4, -0.2) is 4.57 Å². The van der Waals surface area contributed by atoms with Crippen molar-refractivity contribution in [2.24, 2.45) is 0 Å². The second-order valence-corrected chi connectivity index (χ2v) is 17.2. The molecule has 3 aliphatic carbocycles. The highest BCUT2D eigenvalue weighted by molar-refractivity contribution is 6.11. The molecular formula is C58H40N2. The second-order valence-electron chi connectivity index (χ2n) is 17.2. The molecule has 0 amide bonds. The molecule has 60 heavy (non-hydrogen) atoms. The van der Waals surface area contributed by atoms with Crippen LogP contribution in [-0.2, 0) is 10.8 Å². The lowest BCUT2D eigenvalue weighted by Crippen LogP contribution is -2.26. The summed E-state index contributed by atoms with van der Waals surface area (Å²) in [7, 11) is 0. The molecule has 1 spiro atoms. The monoisotopic (exact) mass is 764 g/mol. The van der Waals surface area contributed by atoms with E-state index in [0.29, 0.717) is 0 Å². The van der Waals surface area contributed by atoms with Gasteiger partial charge in [-0.05, 0) is 116 Å². The van der Waals surface area contributed by atoms with Crippen LogP contribution in [0.4, 0.5) is 17.1 Å². The zero-order valence-corrected chi connectivity index (χ0v) is 33.5. The summed E-state index contributed by atoms with van der Waals surface area (Å²) in [4.78, 5) is 2.55. The van der Waals surface area contributed by atoms with Gasteiger partial charge in [0.1, 0.15) is 0 Å². The van der Waals surface area contributed by atoms with Gasteiger partial charge in [-0.1, -0.05) is 166 Å². The predicted molar refractivity (Wildman–Crippen MR) is 249 cm³/mol. The highest BCUT2D eigenvalue weighted by atomic mass is 15.1. The van der Waals surface area contributed by atoms with Gasteiger partial charge in [0.15, 0.2) is 0 Å². The van der Waals surface area contributed by atoms with Crippen molar-refractivity contribution >= 4 is 38.9 Å². The first-order chi connectivity index (χ1) is 29.5. The third-order valence-electron chi connectivity index (χ3n) is 14.0. The van der Waals surface area contributed by atoms with Crippen LogP contribution < -0.4 is 4.90 Å². The van der Waals surface area contributed by atoms with E-state index in [-0.39, 0.29) is 5.41 Å². The SMILES string of the molecule is CC1(C)c2ccccc2-c2ccc(N(c3ccc4c(c3)c3ccccc3n4-c3ccccc3)c3cccc4c3-c3ccccc3C43c4ccccc4-c4ccccc43)cc21. The van der Waals surface area contributed by atoms with Gasteiger partial charge in [-0.3, -0.25) is 0 Å². The molecule has 0 N–H and O–H groups in total. The molecule has 1 aromatic heterocycles. The summed E-state index contributed by atoms with van der Waals surface area (Å²) < 4.78 is 2.41. The van der Waals surface area contributed by atoms with Gasteiger partial charge in [0, 0.05) is 38.8 Å². The largest absolute Gasteiger partial charge is 0.310 e. The van der Waals surface area contributed by atoms with Crippen LogP contribution in [0.15, 0.2) is 206 Å². The minimum atomic E-state index is -0.435. The second kappa shape index (κ2) is 12.1. The zero-order chi connectivity index (χ0) is 39.7. The summed E-state index contributed by atoms with van der Waals surface area (Å²) in [6.07, 6.45) is 0. The number of rotatable bonds is 4. The maximum Gasteiger partial charge on any atom is 0.0726 e. The number of para-hydroxylation sites is 2. The Hall–Kier alpha value is -7.42. The van der Waals surface area contributed by atoms with E-state index in [9.17, 15) is 0 Å². The van der Waals surface area contributed by atoms with Crippen molar-refractivity contribution < 1.29 is 0 Å². The van der Waals surface area contributed by atoms with Crippen LogP contribution in [0.3, 0.4) is 0 Å². The summed E-state index contributed by atoms with van der Waals surface area (Å²) >= 11 is 0. The van der Waals surface area contributed by atoms with Crippen molar-refractivity contribution in [3.05, 3.63) is 240 Å². The Kier molecular flexibility index (Phi) is 6.74. The minimum Gasteiger partial charge on any atom is -0.310 e. The summed E-state index contributed by atoms with van der Waals surface area (Å²) in [5.41, 5.74) is 22.4. The van der Waals surface area contributed by atoms with E-state index in [4.69, 9.17) is 0 Å². The Morgan fingerprint density at radius 1 is 0.367 bits per heavy atom.